The van der Waals surface area contributed by atoms with E-state index in [1.807, 2.05) is 25.1 Å². The fourth-order valence-electron chi connectivity index (χ4n) is 6.62. The van der Waals surface area contributed by atoms with Gasteiger partial charge in [-0.15, -0.1) is 0 Å². The first-order valence-corrected chi connectivity index (χ1v) is 14.3. The van der Waals surface area contributed by atoms with E-state index in [1.165, 1.54) is 24.0 Å². The van der Waals surface area contributed by atoms with Gasteiger partial charge in [-0.2, -0.15) is 5.26 Å². The van der Waals surface area contributed by atoms with Gasteiger partial charge in [0.15, 0.2) is 11.6 Å². The lowest BCUT2D eigenvalue weighted by Crippen LogP contribution is -2.31. The molecule has 2 aliphatic heterocycles. The third kappa shape index (κ3) is 5.24. The van der Waals surface area contributed by atoms with Gasteiger partial charge >= 0.3 is 5.69 Å². The number of nitriles is 1. The van der Waals surface area contributed by atoms with Gasteiger partial charge in [0, 0.05) is 37.2 Å². The molecule has 1 spiro atoms. The average molecular weight is 576 g/mol. The van der Waals surface area contributed by atoms with Crippen LogP contribution in [0.25, 0.3) is 22.2 Å². The summed E-state index contributed by atoms with van der Waals surface area (Å²) in [7, 11) is 0. The first-order chi connectivity index (χ1) is 20.9. The Labute approximate surface area is 247 Å². The van der Waals surface area contributed by atoms with Crippen molar-refractivity contribution in [2.45, 2.75) is 26.3 Å². The van der Waals surface area contributed by atoms with Gasteiger partial charge in [0.1, 0.15) is 17.9 Å². The number of benzene rings is 3. The predicted octanol–water partition coefficient (Wildman–Crippen LogP) is 5.53. The number of ether oxygens (including phenoxy) is 1. The molecule has 5 aromatic rings. The summed E-state index contributed by atoms with van der Waals surface area (Å²) in [5.74, 6) is 1.36. The predicted molar refractivity (Wildman–Crippen MR) is 161 cm³/mol. The molecule has 0 amide bonds. The number of H-pyrrole nitrogens is 2. The molecular weight excluding hydrogens is 545 g/mol. The molecule has 2 fully saturated rings. The summed E-state index contributed by atoms with van der Waals surface area (Å²) in [6.45, 7) is 6.41. The van der Waals surface area contributed by atoms with E-state index in [9.17, 15) is 14.4 Å². The zero-order valence-electron chi connectivity index (χ0n) is 23.7. The molecule has 3 aromatic carbocycles. The quantitative estimate of drug-likeness (QED) is 0.274. The maximum absolute atomic E-state index is 14.4. The lowest BCUT2D eigenvalue weighted by molar-refractivity contribution is 0.270. The highest BCUT2D eigenvalue weighted by Gasteiger charge is 2.44. The molecule has 216 valence electrons. The Balaban J connectivity index is 1.09. The average Bonchev–Trinajstić information content (AvgIpc) is 3.71. The van der Waals surface area contributed by atoms with Crippen LogP contribution in [0.5, 0.6) is 11.5 Å². The molecule has 0 aliphatic carbocycles. The minimum absolute atomic E-state index is 0.148. The topological polar surface area (TPSA) is 114 Å². The molecule has 1 atom stereocenters. The normalized spacial score (nSPS) is 18.5. The summed E-state index contributed by atoms with van der Waals surface area (Å²) in [5, 5.41) is 9.28. The number of hydrogen-bond acceptors (Lipinski definition) is 7. The molecule has 1 unspecified atom stereocenters. The summed E-state index contributed by atoms with van der Waals surface area (Å²) < 4.78 is 20.8. The molecule has 43 heavy (non-hydrogen) atoms. The van der Waals surface area contributed by atoms with Gasteiger partial charge in [-0.3, -0.25) is 4.90 Å². The van der Waals surface area contributed by atoms with Crippen LogP contribution in [-0.2, 0) is 6.54 Å². The van der Waals surface area contributed by atoms with Crippen LogP contribution in [0.4, 0.5) is 10.2 Å². The van der Waals surface area contributed by atoms with Gasteiger partial charge < -0.3 is 19.6 Å². The molecule has 2 aromatic heterocycles. The maximum Gasteiger partial charge on any atom is 0.323 e. The number of nitrogens with zero attached hydrogens (tertiary/aromatic N) is 5. The zero-order valence-corrected chi connectivity index (χ0v) is 23.7. The zero-order chi connectivity index (χ0) is 29.6. The first kappa shape index (κ1) is 26.9. The van der Waals surface area contributed by atoms with E-state index in [2.05, 4.69) is 41.9 Å². The number of halogens is 1. The van der Waals surface area contributed by atoms with E-state index in [1.54, 1.807) is 24.4 Å². The second-order valence-electron chi connectivity index (χ2n) is 11.7. The largest absolute Gasteiger partial charge is 0.451 e. The van der Waals surface area contributed by atoms with Gasteiger partial charge in [0.25, 0.3) is 0 Å². The number of aromatic nitrogens is 4. The van der Waals surface area contributed by atoms with Crippen molar-refractivity contribution in [3.63, 3.8) is 0 Å². The van der Waals surface area contributed by atoms with Crippen LogP contribution >= 0.6 is 0 Å². The molecule has 7 rings (SSSR count). The molecule has 10 heteroatoms. The second kappa shape index (κ2) is 10.7. The highest BCUT2D eigenvalue weighted by molar-refractivity contribution is 5.75. The smallest absolute Gasteiger partial charge is 0.323 e. The number of imidazole rings is 1. The lowest BCUT2D eigenvalue weighted by atomic mass is 9.86. The molecule has 2 aliphatic rings. The van der Waals surface area contributed by atoms with Crippen molar-refractivity contribution in [1.82, 2.24) is 24.8 Å². The molecule has 2 saturated heterocycles. The van der Waals surface area contributed by atoms with Gasteiger partial charge in [-0.25, -0.2) is 19.2 Å². The van der Waals surface area contributed by atoms with Crippen LogP contribution in [0.3, 0.4) is 0 Å². The molecule has 0 bridgehead atoms. The Morgan fingerprint density at radius 3 is 2.72 bits per heavy atom. The van der Waals surface area contributed by atoms with Crippen LogP contribution in [0.1, 0.15) is 29.5 Å². The van der Waals surface area contributed by atoms with E-state index in [0.717, 1.165) is 73.5 Å². The maximum atomic E-state index is 14.4. The highest BCUT2D eigenvalue weighted by Crippen LogP contribution is 2.44. The molecule has 9 nitrogen and oxygen atoms in total. The summed E-state index contributed by atoms with van der Waals surface area (Å²) in [4.78, 5) is 30.9. The number of aromatic amines is 2. The minimum atomic E-state index is -0.371. The Hall–Kier alpha value is -5.01. The summed E-state index contributed by atoms with van der Waals surface area (Å²) in [5.41, 5.74) is 5.58. The van der Waals surface area contributed by atoms with Crippen LogP contribution in [-0.4, -0.2) is 51.0 Å². The van der Waals surface area contributed by atoms with Crippen molar-refractivity contribution in [2.75, 3.05) is 31.1 Å². The Morgan fingerprint density at radius 1 is 1.00 bits per heavy atom. The number of fused-ring (bicyclic) bond motifs is 1. The Kier molecular flexibility index (Phi) is 6.67. The van der Waals surface area contributed by atoms with Crippen molar-refractivity contribution in [3.8, 4) is 28.7 Å². The number of rotatable bonds is 6. The van der Waals surface area contributed by atoms with E-state index >= 15 is 0 Å². The molecule has 4 heterocycles. The number of hydrogen-bond donors (Lipinski definition) is 2. The highest BCUT2D eigenvalue weighted by atomic mass is 19.1. The fraction of sp³-hybridized carbons (Fsp3) is 0.273. The fourth-order valence-corrected chi connectivity index (χ4v) is 6.62. The molecule has 0 saturated carbocycles. The summed E-state index contributed by atoms with van der Waals surface area (Å²) in [6, 6.07) is 18.0. The van der Waals surface area contributed by atoms with E-state index in [-0.39, 0.29) is 16.9 Å². The summed E-state index contributed by atoms with van der Waals surface area (Å²) >= 11 is 0. The SMILES string of the molecule is Cc1cc(C#N)ccc1-c1cc(F)ccc1Oc1cncnc1N1CCC2(CCN(Cc3ccc4[nH]c(=O)[nH]c4c3)C2)C1. The van der Waals surface area contributed by atoms with Gasteiger partial charge in [-0.1, -0.05) is 12.1 Å². The Morgan fingerprint density at radius 2 is 1.86 bits per heavy atom. The van der Waals surface area contributed by atoms with Crippen molar-refractivity contribution in [2.24, 2.45) is 5.41 Å². The first-order valence-electron chi connectivity index (χ1n) is 14.3. The standard InChI is InChI=1S/C33H30FN7O2/c1-21-12-22(15-35)2-5-25(21)26-14-24(34)4-7-29(26)43-30-16-36-20-37-31(30)41-11-9-33(19-41)8-10-40(18-33)17-23-3-6-27-28(13-23)39-32(42)38-27/h2-7,12-14,16,20H,8-11,17-19H2,1H3,(H2,38,39,42). The van der Waals surface area contributed by atoms with Crippen LogP contribution in [0.2, 0.25) is 0 Å². The van der Waals surface area contributed by atoms with Crippen molar-refractivity contribution >= 4 is 16.9 Å². The van der Waals surface area contributed by atoms with Crippen LogP contribution in [0.15, 0.2) is 71.9 Å². The number of aryl methyl sites for hydroxylation is 1. The Bertz CT molecular complexity index is 1940. The van der Waals surface area contributed by atoms with Gasteiger partial charge in [0.05, 0.1) is 28.9 Å². The number of likely N-dealkylation sites (tertiary alicyclic amines) is 1. The van der Waals surface area contributed by atoms with E-state index in [4.69, 9.17) is 4.74 Å². The molecule has 2 N–H and O–H groups in total. The molecule has 0 radical (unpaired) electrons. The van der Waals surface area contributed by atoms with E-state index < -0.39 is 0 Å². The second-order valence-corrected chi connectivity index (χ2v) is 11.7. The van der Waals surface area contributed by atoms with Crippen LogP contribution in [0, 0.1) is 29.5 Å². The van der Waals surface area contributed by atoms with Crippen molar-refractivity contribution < 1.29 is 9.13 Å². The van der Waals surface area contributed by atoms with Crippen molar-refractivity contribution in [1.29, 1.82) is 5.26 Å². The third-order valence-electron chi connectivity index (χ3n) is 8.71. The summed E-state index contributed by atoms with van der Waals surface area (Å²) in [6.07, 6.45) is 5.33. The molecular formula is C33H30FN7O2. The monoisotopic (exact) mass is 575 g/mol. The van der Waals surface area contributed by atoms with Gasteiger partial charge in [0.2, 0.25) is 0 Å². The number of nitrogens with one attached hydrogen (secondary N) is 2. The number of anilines is 1. The van der Waals surface area contributed by atoms with Crippen LogP contribution < -0.4 is 15.3 Å². The van der Waals surface area contributed by atoms with Crippen molar-refractivity contribution in [3.05, 3.63) is 100 Å². The third-order valence-corrected chi connectivity index (χ3v) is 8.71. The van der Waals surface area contributed by atoms with E-state index in [0.29, 0.717) is 22.6 Å². The lowest BCUT2D eigenvalue weighted by Gasteiger charge is -2.26. The minimum Gasteiger partial charge on any atom is -0.451 e. The van der Waals surface area contributed by atoms with Gasteiger partial charge in [-0.05, 0) is 85.5 Å².